The van der Waals surface area contributed by atoms with E-state index in [1.54, 1.807) is 18.5 Å². The van der Waals surface area contributed by atoms with Gasteiger partial charge in [0.25, 0.3) is 0 Å². The van der Waals surface area contributed by atoms with Crippen molar-refractivity contribution in [3.05, 3.63) is 89.9 Å². The summed E-state index contributed by atoms with van der Waals surface area (Å²) in [7, 11) is 0. The molecule has 1 aliphatic rings. The number of hydrogen-bond acceptors (Lipinski definition) is 6. The summed E-state index contributed by atoms with van der Waals surface area (Å²) >= 11 is 0. The number of aliphatic hydroxyl groups excluding tert-OH is 1. The molecule has 1 aliphatic heterocycles. The lowest BCUT2D eigenvalue weighted by Crippen LogP contribution is -2.27. The first-order valence-corrected chi connectivity index (χ1v) is 10.0. The van der Waals surface area contributed by atoms with E-state index in [-0.39, 0.29) is 18.3 Å². The van der Waals surface area contributed by atoms with Crippen LogP contribution in [-0.2, 0) is 13.0 Å². The van der Waals surface area contributed by atoms with E-state index in [9.17, 15) is 9.50 Å². The summed E-state index contributed by atoms with van der Waals surface area (Å²) in [5, 5.41) is 11.7. The van der Waals surface area contributed by atoms with Gasteiger partial charge in [-0.15, -0.1) is 0 Å². The standard InChI is InChI=1S/C24H20FN3O3/c25-18-2-5-22-16(8-18)1-3-19(28-22)13-30-20-4-6-23-21(9-20)24(29)17(12-31-23)7-15-10-26-14-27-11-15/h1-6,8-11,14,17,24,29H,7,12-13H2/t17-,24-/m0/s1. The molecule has 7 heteroatoms. The third kappa shape index (κ3) is 4.18. The van der Waals surface area contributed by atoms with Crippen molar-refractivity contribution < 1.29 is 19.0 Å². The first kappa shape index (κ1) is 19.4. The van der Waals surface area contributed by atoms with Crippen LogP contribution in [0.3, 0.4) is 0 Å². The van der Waals surface area contributed by atoms with Crippen molar-refractivity contribution in [1.82, 2.24) is 15.0 Å². The van der Waals surface area contributed by atoms with Crippen molar-refractivity contribution in [2.75, 3.05) is 6.61 Å². The highest BCUT2D eigenvalue weighted by Crippen LogP contribution is 2.39. The molecule has 156 valence electrons. The molecule has 31 heavy (non-hydrogen) atoms. The van der Waals surface area contributed by atoms with Crippen molar-refractivity contribution in [1.29, 1.82) is 0 Å². The Morgan fingerprint density at radius 2 is 1.94 bits per heavy atom. The smallest absolute Gasteiger partial charge is 0.130 e. The van der Waals surface area contributed by atoms with E-state index >= 15 is 0 Å². The summed E-state index contributed by atoms with van der Waals surface area (Å²) in [5.74, 6) is 0.889. The van der Waals surface area contributed by atoms with Crippen molar-refractivity contribution >= 4 is 10.9 Å². The monoisotopic (exact) mass is 417 g/mol. The van der Waals surface area contributed by atoms with Gasteiger partial charge in [-0.25, -0.2) is 19.3 Å². The van der Waals surface area contributed by atoms with Crippen LogP contribution in [0.1, 0.15) is 22.9 Å². The summed E-state index contributed by atoms with van der Waals surface area (Å²) < 4.78 is 25.1. The van der Waals surface area contributed by atoms with Crippen LogP contribution in [0, 0.1) is 11.7 Å². The molecule has 1 N–H and O–H groups in total. The van der Waals surface area contributed by atoms with Gasteiger partial charge in [-0.05, 0) is 54.4 Å². The maximum Gasteiger partial charge on any atom is 0.130 e. The van der Waals surface area contributed by atoms with Crippen LogP contribution >= 0.6 is 0 Å². The molecule has 0 unspecified atom stereocenters. The Hall–Kier alpha value is -3.58. The average molecular weight is 417 g/mol. The van der Waals surface area contributed by atoms with Gasteiger partial charge in [-0.3, -0.25) is 0 Å². The molecule has 4 aromatic rings. The Morgan fingerprint density at radius 3 is 2.81 bits per heavy atom. The van der Waals surface area contributed by atoms with Crippen LogP contribution in [0.15, 0.2) is 67.3 Å². The topological polar surface area (TPSA) is 77.4 Å². The maximum absolute atomic E-state index is 13.3. The summed E-state index contributed by atoms with van der Waals surface area (Å²) in [4.78, 5) is 12.6. The van der Waals surface area contributed by atoms with E-state index in [0.29, 0.717) is 35.6 Å². The van der Waals surface area contributed by atoms with E-state index in [2.05, 4.69) is 15.0 Å². The second-order valence-electron chi connectivity index (χ2n) is 7.59. The number of pyridine rings is 1. The molecule has 0 spiro atoms. The first-order valence-electron chi connectivity index (χ1n) is 10.0. The molecule has 0 amide bonds. The Kier molecular flexibility index (Phi) is 5.18. The largest absolute Gasteiger partial charge is 0.493 e. The lowest BCUT2D eigenvalue weighted by atomic mass is 9.89. The zero-order valence-electron chi connectivity index (χ0n) is 16.6. The zero-order chi connectivity index (χ0) is 21.2. The molecule has 0 bridgehead atoms. The highest BCUT2D eigenvalue weighted by molar-refractivity contribution is 5.78. The fourth-order valence-corrected chi connectivity index (χ4v) is 3.81. The van der Waals surface area contributed by atoms with E-state index in [0.717, 1.165) is 16.6 Å². The molecular weight excluding hydrogens is 397 g/mol. The highest BCUT2D eigenvalue weighted by Gasteiger charge is 2.30. The van der Waals surface area contributed by atoms with Gasteiger partial charge in [-0.2, -0.15) is 0 Å². The summed E-state index contributed by atoms with van der Waals surface area (Å²) in [6, 6.07) is 13.6. The maximum atomic E-state index is 13.3. The summed E-state index contributed by atoms with van der Waals surface area (Å²) in [6.07, 6.45) is 4.92. The van der Waals surface area contributed by atoms with Gasteiger partial charge in [0.05, 0.1) is 23.9 Å². The van der Waals surface area contributed by atoms with Gasteiger partial charge in [0, 0.05) is 29.3 Å². The predicted molar refractivity (Wildman–Crippen MR) is 112 cm³/mol. The molecule has 3 heterocycles. The fourth-order valence-electron chi connectivity index (χ4n) is 3.81. The predicted octanol–water partition coefficient (Wildman–Crippen LogP) is 4.03. The Bertz CT molecular complexity index is 1220. The number of rotatable bonds is 5. The number of benzene rings is 2. The lowest BCUT2D eigenvalue weighted by Gasteiger charge is -2.30. The highest BCUT2D eigenvalue weighted by atomic mass is 19.1. The number of halogens is 1. The van der Waals surface area contributed by atoms with Crippen LogP contribution in [0.4, 0.5) is 4.39 Å². The van der Waals surface area contributed by atoms with Gasteiger partial charge in [0.15, 0.2) is 0 Å². The van der Waals surface area contributed by atoms with Crippen molar-refractivity contribution in [3.63, 3.8) is 0 Å². The first-order chi connectivity index (χ1) is 15.2. The van der Waals surface area contributed by atoms with Gasteiger partial charge in [-0.1, -0.05) is 6.07 Å². The van der Waals surface area contributed by atoms with Gasteiger partial charge < -0.3 is 14.6 Å². The minimum Gasteiger partial charge on any atom is -0.493 e. The number of hydrogen-bond donors (Lipinski definition) is 1. The lowest BCUT2D eigenvalue weighted by molar-refractivity contribution is 0.0503. The van der Waals surface area contributed by atoms with Crippen molar-refractivity contribution in [3.8, 4) is 11.5 Å². The van der Waals surface area contributed by atoms with Crippen LogP contribution in [0.25, 0.3) is 10.9 Å². The molecule has 2 aromatic heterocycles. The fraction of sp³-hybridized carbons (Fsp3) is 0.208. The van der Waals surface area contributed by atoms with Gasteiger partial charge in [0.1, 0.15) is 30.3 Å². The number of fused-ring (bicyclic) bond motifs is 2. The third-order valence-corrected chi connectivity index (χ3v) is 5.41. The Morgan fingerprint density at radius 1 is 1.06 bits per heavy atom. The average Bonchev–Trinajstić information content (AvgIpc) is 2.80. The zero-order valence-corrected chi connectivity index (χ0v) is 16.6. The number of aromatic nitrogens is 3. The number of aliphatic hydroxyl groups is 1. The van der Waals surface area contributed by atoms with Crippen molar-refractivity contribution in [2.45, 2.75) is 19.1 Å². The van der Waals surface area contributed by atoms with E-state index in [4.69, 9.17) is 9.47 Å². The minimum atomic E-state index is -0.679. The molecule has 0 aliphatic carbocycles. The summed E-state index contributed by atoms with van der Waals surface area (Å²) in [5.41, 5.74) is 3.10. The third-order valence-electron chi connectivity index (χ3n) is 5.41. The molecule has 0 fully saturated rings. The summed E-state index contributed by atoms with van der Waals surface area (Å²) in [6.45, 7) is 0.679. The van der Waals surface area contributed by atoms with Gasteiger partial charge in [0.2, 0.25) is 0 Å². The second-order valence-corrected chi connectivity index (χ2v) is 7.59. The Balaban J connectivity index is 1.30. The van der Waals surface area contributed by atoms with E-state index in [1.807, 2.05) is 30.3 Å². The Labute approximate surface area is 178 Å². The quantitative estimate of drug-likeness (QED) is 0.528. The molecule has 6 nitrogen and oxygen atoms in total. The number of nitrogens with zero attached hydrogens (tertiary/aromatic N) is 3. The second kappa shape index (κ2) is 8.28. The van der Waals surface area contributed by atoms with Crippen molar-refractivity contribution in [2.24, 2.45) is 5.92 Å². The van der Waals surface area contributed by atoms with E-state index in [1.165, 1.54) is 18.5 Å². The molecule has 2 atom stereocenters. The molecule has 0 saturated heterocycles. The molecule has 5 rings (SSSR count). The van der Waals surface area contributed by atoms with Crippen LogP contribution in [0.5, 0.6) is 11.5 Å². The van der Waals surface area contributed by atoms with Crippen LogP contribution in [0.2, 0.25) is 0 Å². The van der Waals surface area contributed by atoms with Crippen LogP contribution < -0.4 is 9.47 Å². The van der Waals surface area contributed by atoms with Crippen LogP contribution in [-0.4, -0.2) is 26.7 Å². The van der Waals surface area contributed by atoms with E-state index < -0.39 is 6.10 Å². The molecular formula is C24H20FN3O3. The van der Waals surface area contributed by atoms with Gasteiger partial charge >= 0.3 is 0 Å². The molecule has 0 radical (unpaired) electrons. The normalized spacial score (nSPS) is 17.7. The number of ether oxygens (including phenoxy) is 2. The SMILES string of the molecule is O[C@@H]1c2cc(OCc3ccc4cc(F)ccc4n3)ccc2OC[C@@H]1Cc1cncnc1. The molecule has 2 aromatic carbocycles. The molecule has 0 saturated carbocycles. The minimum absolute atomic E-state index is 0.101.